The Morgan fingerprint density at radius 3 is 2.19 bits per heavy atom. The van der Waals surface area contributed by atoms with Crippen LogP contribution in [0.15, 0.2) is 39.9 Å². The van der Waals surface area contributed by atoms with Crippen LogP contribution in [0.1, 0.15) is 18.5 Å². The number of carbonyl (C=O) groups is 1. The molecule has 0 bridgehead atoms. The summed E-state index contributed by atoms with van der Waals surface area (Å²) in [6.07, 6.45) is 0. The van der Waals surface area contributed by atoms with Crippen molar-refractivity contribution in [2.75, 3.05) is 76.2 Å². The van der Waals surface area contributed by atoms with Crippen LogP contribution in [0.3, 0.4) is 0 Å². The van der Waals surface area contributed by atoms with E-state index in [-0.39, 0.29) is 11.9 Å². The Morgan fingerprint density at radius 1 is 0.935 bits per heavy atom. The van der Waals surface area contributed by atoms with Crippen LogP contribution in [0, 0.1) is 0 Å². The van der Waals surface area contributed by atoms with Crippen molar-refractivity contribution in [3.05, 3.63) is 56.3 Å². The maximum Gasteiger partial charge on any atom is 0.253 e. The molecule has 166 valence electrons. The summed E-state index contributed by atoms with van der Waals surface area (Å²) in [5.74, 6) is 0.0425. The van der Waals surface area contributed by atoms with E-state index in [1.54, 1.807) is 11.8 Å². The number of nitrogens with one attached hydrogen (secondary N) is 1. The van der Waals surface area contributed by atoms with Gasteiger partial charge in [-0.2, -0.15) is 0 Å². The third kappa shape index (κ3) is 4.50. The maximum atomic E-state index is 12.4. The highest BCUT2D eigenvalue weighted by Gasteiger charge is 2.30. The lowest BCUT2D eigenvalue weighted by Crippen LogP contribution is -2.53. The fraction of sp³-hybridized carbons (Fsp3) is 0.522. The first kappa shape index (κ1) is 21.5. The summed E-state index contributed by atoms with van der Waals surface area (Å²) in [4.78, 5) is 44.8. The van der Waals surface area contributed by atoms with Gasteiger partial charge in [0.2, 0.25) is 5.91 Å². The molecule has 4 rings (SSSR count). The van der Waals surface area contributed by atoms with E-state index in [2.05, 4.69) is 34.3 Å². The van der Waals surface area contributed by atoms with Gasteiger partial charge in [-0.1, -0.05) is 30.3 Å². The molecule has 0 aromatic heterocycles. The summed E-state index contributed by atoms with van der Waals surface area (Å²) in [6, 6.07) is 10.4. The largest absolute Gasteiger partial charge is 0.378 e. The van der Waals surface area contributed by atoms with E-state index in [1.165, 1.54) is 5.56 Å². The van der Waals surface area contributed by atoms with Crippen LogP contribution in [0.4, 0.5) is 11.4 Å². The third-order valence-electron chi connectivity index (χ3n) is 6.56. The van der Waals surface area contributed by atoms with Crippen LogP contribution < -0.4 is 21.1 Å². The lowest BCUT2D eigenvalue weighted by molar-refractivity contribution is -0.129. The zero-order valence-corrected chi connectivity index (χ0v) is 18.3. The molecule has 2 fully saturated rings. The van der Waals surface area contributed by atoms with E-state index in [4.69, 9.17) is 0 Å². The van der Waals surface area contributed by atoms with Crippen molar-refractivity contribution in [3.63, 3.8) is 0 Å². The minimum Gasteiger partial charge on any atom is -0.378 e. The fourth-order valence-corrected chi connectivity index (χ4v) is 4.56. The molecule has 8 nitrogen and oxygen atoms in total. The molecular formula is C23H31N5O3. The van der Waals surface area contributed by atoms with E-state index in [0.29, 0.717) is 44.1 Å². The Labute approximate surface area is 182 Å². The molecule has 0 aliphatic carbocycles. The van der Waals surface area contributed by atoms with E-state index < -0.39 is 10.9 Å². The van der Waals surface area contributed by atoms with Crippen molar-refractivity contribution < 1.29 is 4.79 Å². The number of benzene rings is 1. The van der Waals surface area contributed by atoms with Crippen molar-refractivity contribution in [2.24, 2.45) is 0 Å². The molecule has 8 heteroatoms. The zero-order chi connectivity index (χ0) is 22.0. The molecule has 1 atom stereocenters. The van der Waals surface area contributed by atoms with Crippen molar-refractivity contribution in [3.8, 4) is 0 Å². The van der Waals surface area contributed by atoms with Gasteiger partial charge in [0.25, 0.3) is 10.9 Å². The van der Waals surface area contributed by atoms with Crippen molar-refractivity contribution >= 4 is 17.3 Å². The Morgan fingerprint density at radius 2 is 1.58 bits per heavy atom. The number of likely N-dealkylation sites (N-methyl/N-ethyl adjacent to an activating group) is 1. The summed E-state index contributed by atoms with van der Waals surface area (Å²) >= 11 is 0. The lowest BCUT2D eigenvalue weighted by Gasteiger charge is -2.39. The number of rotatable bonds is 6. The minimum absolute atomic E-state index is 0.0425. The Hall–Kier alpha value is -2.71. The highest BCUT2D eigenvalue weighted by Crippen LogP contribution is 2.26. The number of nitrogens with zero attached hydrogens (tertiary/aromatic N) is 4. The van der Waals surface area contributed by atoms with E-state index >= 15 is 0 Å². The summed E-state index contributed by atoms with van der Waals surface area (Å²) in [7, 11) is 2.13. The van der Waals surface area contributed by atoms with Crippen LogP contribution >= 0.6 is 0 Å². The number of hydrogen-bond acceptors (Lipinski definition) is 7. The van der Waals surface area contributed by atoms with Gasteiger partial charge >= 0.3 is 0 Å². The number of piperazine rings is 2. The smallest absolute Gasteiger partial charge is 0.253 e. The van der Waals surface area contributed by atoms with Gasteiger partial charge < -0.3 is 20.0 Å². The highest BCUT2D eigenvalue weighted by molar-refractivity contribution is 5.77. The second-order valence-electron chi connectivity index (χ2n) is 8.52. The SMILES string of the molecule is CC(=O)N1CCN(c2c(NC[C@H](c3ccccc3)N3CCN(C)CC3)c(=O)c2=O)CC1. The van der Waals surface area contributed by atoms with Crippen molar-refractivity contribution in [2.45, 2.75) is 13.0 Å². The monoisotopic (exact) mass is 425 g/mol. The Kier molecular flexibility index (Phi) is 6.38. The number of hydrogen-bond donors (Lipinski definition) is 1. The van der Waals surface area contributed by atoms with Gasteiger partial charge in [-0.25, -0.2) is 0 Å². The molecule has 31 heavy (non-hydrogen) atoms. The fourth-order valence-electron chi connectivity index (χ4n) is 4.56. The van der Waals surface area contributed by atoms with E-state index in [1.807, 2.05) is 23.1 Å². The predicted molar refractivity (Wildman–Crippen MR) is 123 cm³/mol. The second-order valence-corrected chi connectivity index (χ2v) is 8.52. The molecule has 0 saturated carbocycles. The van der Waals surface area contributed by atoms with Gasteiger partial charge in [-0.3, -0.25) is 19.3 Å². The van der Waals surface area contributed by atoms with Gasteiger partial charge in [-0.05, 0) is 12.6 Å². The van der Waals surface area contributed by atoms with E-state index in [9.17, 15) is 14.4 Å². The molecule has 2 aliphatic heterocycles. The molecule has 0 spiro atoms. The summed E-state index contributed by atoms with van der Waals surface area (Å²) in [5, 5.41) is 3.32. The molecule has 1 amide bonds. The first-order valence-corrected chi connectivity index (χ1v) is 11.0. The highest BCUT2D eigenvalue weighted by atomic mass is 16.2. The molecule has 2 aromatic carbocycles. The molecule has 0 unspecified atom stereocenters. The first-order valence-electron chi connectivity index (χ1n) is 11.0. The predicted octanol–water partition coefficient (Wildman–Crippen LogP) is 0.352. The van der Waals surface area contributed by atoms with Crippen molar-refractivity contribution in [1.29, 1.82) is 0 Å². The summed E-state index contributed by atoms with van der Waals surface area (Å²) in [5.41, 5.74) is 1.26. The second kappa shape index (κ2) is 9.20. The third-order valence-corrected chi connectivity index (χ3v) is 6.56. The molecule has 2 saturated heterocycles. The van der Waals surface area contributed by atoms with Gasteiger partial charge in [0.05, 0.1) is 6.04 Å². The Balaban J connectivity index is 1.48. The van der Waals surface area contributed by atoms with Crippen LogP contribution in [0.2, 0.25) is 0 Å². The molecule has 2 heterocycles. The number of anilines is 2. The normalized spacial score (nSPS) is 19.5. The molecule has 2 aliphatic rings. The summed E-state index contributed by atoms with van der Waals surface area (Å²) < 4.78 is 0. The standard InChI is InChI=1S/C23H31N5O3/c1-17(29)26-12-14-28(15-13-26)21-20(22(30)23(21)31)24-16-19(18-6-4-3-5-7-18)27-10-8-25(2)9-11-27/h3-7,19,24H,8-16H2,1-2H3/t19-/m1/s1. The minimum atomic E-state index is -0.436. The van der Waals surface area contributed by atoms with Crippen LogP contribution in [0.25, 0.3) is 0 Å². The van der Waals surface area contributed by atoms with E-state index in [0.717, 1.165) is 26.2 Å². The average molecular weight is 426 g/mol. The molecule has 0 radical (unpaired) electrons. The molecule has 2 aromatic rings. The summed E-state index contributed by atoms with van der Waals surface area (Å²) in [6.45, 7) is 8.35. The first-order chi connectivity index (χ1) is 15.0. The van der Waals surface area contributed by atoms with Gasteiger partial charge in [0, 0.05) is 65.8 Å². The van der Waals surface area contributed by atoms with Gasteiger partial charge in [0.15, 0.2) is 0 Å². The zero-order valence-electron chi connectivity index (χ0n) is 18.3. The van der Waals surface area contributed by atoms with Crippen molar-refractivity contribution in [1.82, 2.24) is 14.7 Å². The topological polar surface area (TPSA) is 76.2 Å². The van der Waals surface area contributed by atoms with Gasteiger partial charge in [0.1, 0.15) is 11.4 Å². The number of carbonyl (C=O) groups excluding carboxylic acids is 1. The molecule has 1 N–H and O–H groups in total. The number of amides is 1. The quantitative estimate of drug-likeness (QED) is 0.670. The molecular weight excluding hydrogens is 394 g/mol. The van der Waals surface area contributed by atoms with Crippen LogP contribution in [-0.2, 0) is 4.79 Å². The average Bonchev–Trinajstić information content (AvgIpc) is 2.80. The van der Waals surface area contributed by atoms with Crippen LogP contribution in [0.5, 0.6) is 0 Å². The Bertz CT molecular complexity index is 969. The van der Waals surface area contributed by atoms with Crippen LogP contribution in [-0.4, -0.2) is 86.6 Å². The maximum absolute atomic E-state index is 12.4. The van der Waals surface area contributed by atoms with Gasteiger partial charge in [-0.15, -0.1) is 0 Å². The lowest BCUT2D eigenvalue weighted by atomic mass is 10.0.